The van der Waals surface area contributed by atoms with Crippen molar-refractivity contribution in [2.24, 2.45) is 0 Å². The van der Waals surface area contributed by atoms with Crippen molar-refractivity contribution in [3.8, 4) is 17.0 Å². The fraction of sp³-hybridized carbons (Fsp3) is 0.0800. The number of carbonyl (C=O) groups is 2. The predicted molar refractivity (Wildman–Crippen MR) is 116 cm³/mol. The van der Waals surface area contributed by atoms with E-state index in [2.05, 4.69) is 4.98 Å². The zero-order chi connectivity index (χ0) is 21.5. The standard InChI is InChI=1S/C25H20N2O4/c28-24(17-30-16-19-7-3-1-4-8-19)21-13-11-20(12-14-21)23-15-27(18-26-23)25(29)31-22-9-5-2-6-10-22/h1-15,18H,16-17H2. The van der Waals surface area contributed by atoms with E-state index in [1.54, 1.807) is 54.7 Å². The Morgan fingerprint density at radius 3 is 2.23 bits per heavy atom. The van der Waals surface area contributed by atoms with Crippen molar-refractivity contribution in [3.05, 3.63) is 109 Å². The molecular formula is C25H20N2O4. The van der Waals surface area contributed by atoms with Crippen molar-refractivity contribution in [2.45, 2.75) is 6.61 Å². The molecule has 3 aromatic carbocycles. The molecule has 0 saturated carbocycles. The van der Waals surface area contributed by atoms with Crippen LogP contribution in [0.1, 0.15) is 15.9 Å². The number of para-hydroxylation sites is 1. The van der Waals surface area contributed by atoms with Gasteiger partial charge in [-0.3, -0.25) is 4.79 Å². The summed E-state index contributed by atoms with van der Waals surface area (Å²) in [6, 6.07) is 25.6. The Bertz CT molecular complexity index is 1150. The van der Waals surface area contributed by atoms with Crippen LogP contribution in [-0.2, 0) is 11.3 Å². The molecule has 0 unspecified atom stereocenters. The minimum Gasteiger partial charge on any atom is -0.410 e. The van der Waals surface area contributed by atoms with Gasteiger partial charge in [0.2, 0.25) is 0 Å². The number of aromatic nitrogens is 2. The van der Waals surface area contributed by atoms with E-state index >= 15 is 0 Å². The Balaban J connectivity index is 1.34. The molecule has 0 N–H and O–H groups in total. The Kier molecular flexibility index (Phi) is 6.30. The van der Waals surface area contributed by atoms with Gasteiger partial charge in [-0.15, -0.1) is 0 Å². The summed E-state index contributed by atoms with van der Waals surface area (Å²) in [4.78, 5) is 28.9. The largest absolute Gasteiger partial charge is 0.424 e. The number of imidazole rings is 1. The molecule has 4 aromatic rings. The molecule has 0 aliphatic carbocycles. The third-order valence-corrected chi connectivity index (χ3v) is 4.59. The SMILES string of the molecule is O=C(COCc1ccccc1)c1ccc(-c2cn(C(=O)Oc3ccccc3)cn2)cc1. The molecule has 0 aliphatic rings. The zero-order valence-corrected chi connectivity index (χ0v) is 16.7. The van der Waals surface area contributed by atoms with Crippen molar-refractivity contribution < 1.29 is 19.1 Å². The molecule has 0 atom stereocenters. The first kappa shape index (κ1) is 20.3. The monoisotopic (exact) mass is 412 g/mol. The number of nitrogens with zero attached hydrogens (tertiary/aromatic N) is 2. The van der Waals surface area contributed by atoms with Crippen LogP contribution in [0.3, 0.4) is 0 Å². The molecule has 1 heterocycles. The molecule has 0 radical (unpaired) electrons. The van der Waals surface area contributed by atoms with Crippen LogP contribution in [0.15, 0.2) is 97.5 Å². The number of ketones is 1. The van der Waals surface area contributed by atoms with Crippen LogP contribution in [0.4, 0.5) is 4.79 Å². The van der Waals surface area contributed by atoms with Crippen LogP contribution < -0.4 is 4.74 Å². The second-order valence-electron chi connectivity index (χ2n) is 6.83. The lowest BCUT2D eigenvalue weighted by atomic mass is 10.1. The minimum absolute atomic E-state index is 0.00813. The van der Waals surface area contributed by atoms with E-state index < -0.39 is 6.09 Å². The number of rotatable bonds is 7. The van der Waals surface area contributed by atoms with E-state index in [4.69, 9.17) is 9.47 Å². The van der Waals surface area contributed by atoms with Crippen LogP contribution in [0, 0.1) is 0 Å². The predicted octanol–water partition coefficient (Wildman–Crippen LogP) is 5.00. The van der Waals surface area contributed by atoms with Gasteiger partial charge in [0.05, 0.1) is 12.3 Å². The number of ether oxygens (including phenoxy) is 2. The third kappa shape index (κ3) is 5.32. The lowest BCUT2D eigenvalue weighted by Gasteiger charge is -2.05. The van der Waals surface area contributed by atoms with E-state index in [0.29, 0.717) is 23.6 Å². The Morgan fingerprint density at radius 1 is 0.839 bits per heavy atom. The minimum atomic E-state index is -0.549. The highest BCUT2D eigenvalue weighted by atomic mass is 16.6. The Hall–Kier alpha value is -4.03. The maximum atomic E-state index is 12.3. The van der Waals surface area contributed by atoms with Crippen LogP contribution in [-0.4, -0.2) is 28.0 Å². The second kappa shape index (κ2) is 9.65. The number of carbonyl (C=O) groups excluding carboxylic acids is 2. The van der Waals surface area contributed by atoms with Gasteiger partial charge in [-0.05, 0) is 17.7 Å². The summed E-state index contributed by atoms with van der Waals surface area (Å²) >= 11 is 0. The van der Waals surface area contributed by atoms with Crippen molar-refractivity contribution >= 4 is 11.9 Å². The molecule has 0 amide bonds. The van der Waals surface area contributed by atoms with Crippen molar-refractivity contribution in [3.63, 3.8) is 0 Å². The van der Waals surface area contributed by atoms with Crippen LogP contribution in [0.5, 0.6) is 5.75 Å². The van der Waals surface area contributed by atoms with Gasteiger partial charge in [-0.1, -0.05) is 72.8 Å². The second-order valence-corrected chi connectivity index (χ2v) is 6.83. The quantitative estimate of drug-likeness (QED) is 0.400. The van der Waals surface area contributed by atoms with Crippen molar-refractivity contribution in [1.29, 1.82) is 0 Å². The first-order valence-corrected chi connectivity index (χ1v) is 9.75. The topological polar surface area (TPSA) is 70.4 Å². The molecular weight excluding hydrogens is 392 g/mol. The number of hydrogen-bond acceptors (Lipinski definition) is 5. The average Bonchev–Trinajstić information content (AvgIpc) is 3.31. The summed E-state index contributed by atoms with van der Waals surface area (Å²) in [5, 5.41) is 0. The molecule has 6 heteroatoms. The first-order valence-electron chi connectivity index (χ1n) is 9.75. The van der Waals surface area contributed by atoms with Gasteiger partial charge < -0.3 is 9.47 Å². The average molecular weight is 412 g/mol. The van der Waals surface area contributed by atoms with Crippen LogP contribution >= 0.6 is 0 Å². The van der Waals surface area contributed by atoms with Gasteiger partial charge >= 0.3 is 6.09 Å². The molecule has 1 aromatic heterocycles. The molecule has 154 valence electrons. The van der Waals surface area contributed by atoms with Gasteiger partial charge in [0.1, 0.15) is 18.7 Å². The number of benzene rings is 3. The highest BCUT2D eigenvalue weighted by Gasteiger charge is 2.12. The van der Waals surface area contributed by atoms with Gasteiger partial charge in [0.15, 0.2) is 5.78 Å². The Labute approximate surface area is 179 Å². The molecule has 0 bridgehead atoms. The fourth-order valence-electron chi connectivity index (χ4n) is 2.96. The molecule has 0 aliphatic heterocycles. The van der Waals surface area contributed by atoms with Crippen LogP contribution in [0.25, 0.3) is 11.3 Å². The molecule has 4 rings (SSSR count). The van der Waals surface area contributed by atoms with Gasteiger partial charge in [0.25, 0.3) is 0 Å². The van der Waals surface area contributed by atoms with Crippen LogP contribution in [0.2, 0.25) is 0 Å². The molecule has 0 saturated heterocycles. The van der Waals surface area contributed by atoms with Gasteiger partial charge in [0, 0.05) is 17.3 Å². The normalized spacial score (nSPS) is 10.6. The maximum Gasteiger partial charge on any atom is 0.424 e. The summed E-state index contributed by atoms with van der Waals surface area (Å²) in [5.41, 5.74) is 2.96. The summed E-state index contributed by atoms with van der Waals surface area (Å²) < 4.78 is 12.1. The molecule has 0 fully saturated rings. The lowest BCUT2D eigenvalue weighted by molar-refractivity contribution is 0.0726. The molecule has 0 spiro atoms. The Morgan fingerprint density at radius 2 is 1.52 bits per heavy atom. The summed E-state index contributed by atoms with van der Waals surface area (Å²) in [7, 11) is 0. The van der Waals surface area contributed by atoms with E-state index in [1.807, 2.05) is 36.4 Å². The third-order valence-electron chi connectivity index (χ3n) is 4.59. The van der Waals surface area contributed by atoms with Gasteiger partial charge in [-0.2, -0.15) is 0 Å². The molecule has 31 heavy (non-hydrogen) atoms. The van der Waals surface area contributed by atoms with Crippen molar-refractivity contribution in [2.75, 3.05) is 6.61 Å². The highest BCUT2D eigenvalue weighted by molar-refractivity contribution is 5.97. The number of hydrogen-bond donors (Lipinski definition) is 0. The fourth-order valence-corrected chi connectivity index (χ4v) is 2.96. The van der Waals surface area contributed by atoms with E-state index in [-0.39, 0.29) is 12.4 Å². The highest BCUT2D eigenvalue weighted by Crippen LogP contribution is 2.19. The first-order chi connectivity index (χ1) is 15.2. The lowest BCUT2D eigenvalue weighted by Crippen LogP contribution is -2.14. The van der Waals surface area contributed by atoms with Gasteiger partial charge in [-0.25, -0.2) is 14.3 Å². The summed E-state index contributed by atoms with van der Waals surface area (Å²) in [6.45, 7) is 0.398. The molecule has 6 nitrogen and oxygen atoms in total. The smallest absolute Gasteiger partial charge is 0.410 e. The van der Waals surface area contributed by atoms with E-state index in [0.717, 1.165) is 11.1 Å². The van der Waals surface area contributed by atoms with E-state index in [1.165, 1.54) is 10.9 Å². The zero-order valence-electron chi connectivity index (χ0n) is 16.7. The summed E-state index contributed by atoms with van der Waals surface area (Å²) in [5.74, 6) is 0.361. The maximum absolute atomic E-state index is 12.3. The van der Waals surface area contributed by atoms with E-state index in [9.17, 15) is 9.59 Å². The number of Topliss-reactive ketones (excluding diaryl/α,β-unsaturated/α-hetero) is 1. The summed E-state index contributed by atoms with van der Waals surface area (Å²) in [6.07, 6.45) is 2.44. The van der Waals surface area contributed by atoms with Crippen molar-refractivity contribution in [1.82, 2.24) is 9.55 Å².